The normalized spacial score (nSPS) is 10.9. The molecule has 0 saturated carbocycles. The highest BCUT2D eigenvalue weighted by atomic mass is 14.7. The average Bonchev–Trinajstić information content (AvgIpc) is 2.74. The van der Waals surface area contributed by atoms with Crippen molar-refractivity contribution >= 4 is 10.9 Å². The van der Waals surface area contributed by atoms with E-state index in [1.54, 1.807) is 6.20 Å². The summed E-state index contributed by atoms with van der Waals surface area (Å²) in [6.07, 6.45) is 3.67. The molecule has 0 aliphatic heterocycles. The Hall–Kier alpha value is -2.09. The van der Waals surface area contributed by atoms with E-state index in [1.165, 1.54) is 22.0 Å². The number of H-pyrrole nitrogens is 1. The monoisotopic (exact) mass is 222 g/mol. The lowest BCUT2D eigenvalue weighted by molar-refractivity contribution is 1.31. The second-order valence-corrected chi connectivity index (χ2v) is 4.45. The Morgan fingerprint density at radius 3 is 2.65 bits per heavy atom. The van der Waals surface area contributed by atoms with Gasteiger partial charge in [0.1, 0.15) is 0 Å². The van der Waals surface area contributed by atoms with Gasteiger partial charge >= 0.3 is 0 Å². The molecule has 3 aromatic rings. The number of aromatic nitrogens is 2. The predicted octanol–water partition coefficient (Wildman–Crippen LogP) is 3.85. The molecule has 0 amide bonds. The van der Waals surface area contributed by atoms with Crippen molar-refractivity contribution in [3.63, 3.8) is 0 Å². The fourth-order valence-electron chi connectivity index (χ4n) is 2.08. The molecule has 1 N–H and O–H groups in total. The highest BCUT2D eigenvalue weighted by molar-refractivity contribution is 5.86. The minimum absolute atomic E-state index is 1.12. The summed E-state index contributed by atoms with van der Waals surface area (Å²) in [4.78, 5) is 7.59. The van der Waals surface area contributed by atoms with E-state index in [2.05, 4.69) is 48.1 Å². The summed E-state index contributed by atoms with van der Waals surface area (Å²) in [6.45, 7) is 4.28. The van der Waals surface area contributed by atoms with Crippen LogP contribution in [-0.4, -0.2) is 9.97 Å². The minimum atomic E-state index is 1.12. The van der Waals surface area contributed by atoms with Crippen LogP contribution < -0.4 is 0 Å². The molecule has 0 aliphatic carbocycles. The van der Waals surface area contributed by atoms with Gasteiger partial charge in [-0.2, -0.15) is 0 Å². The summed E-state index contributed by atoms with van der Waals surface area (Å²) in [5.41, 5.74) is 6.08. The Morgan fingerprint density at radius 1 is 1.06 bits per heavy atom. The quantitative estimate of drug-likeness (QED) is 0.665. The van der Waals surface area contributed by atoms with Gasteiger partial charge < -0.3 is 4.98 Å². The van der Waals surface area contributed by atoms with Crippen LogP contribution in [0.3, 0.4) is 0 Å². The number of nitrogens with one attached hydrogen (secondary N) is 1. The van der Waals surface area contributed by atoms with Crippen molar-refractivity contribution in [1.29, 1.82) is 0 Å². The van der Waals surface area contributed by atoms with E-state index >= 15 is 0 Å². The number of aryl methyl sites for hydroxylation is 2. The molecule has 2 heterocycles. The fourth-order valence-corrected chi connectivity index (χ4v) is 2.08. The van der Waals surface area contributed by atoms with Crippen LogP contribution >= 0.6 is 0 Å². The van der Waals surface area contributed by atoms with Crippen molar-refractivity contribution in [3.8, 4) is 11.3 Å². The number of aromatic amines is 1. The second kappa shape index (κ2) is 3.74. The first-order valence-corrected chi connectivity index (χ1v) is 5.74. The molecule has 84 valence electrons. The number of benzene rings is 1. The molecule has 0 saturated heterocycles. The largest absolute Gasteiger partial charge is 0.354 e. The first kappa shape index (κ1) is 10.1. The van der Waals surface area contributed by atoms with Gasteiger partial charge in [-0.3, -0.25) is 4.98 Å². The van der Waals surface area contributed by atoms with Crippen LogP contribution in [0.25, 0.3) is 22.2 Å². The van der Waals surface area contributed by atoms with Gasteiger partial charge in [-0.05, 0) is 55.3 Å². The van der Waals surface area contributed by atoms with Crippen LogP contribution in [-0.2, 0) is 0 Å². The first-order valence-electron chi connectivity index (χ1n) is 5.74. The van der Waals surface area contributed by atoms with Crippen LogP contribution in [0.2, 0.25) is 0 Å². The van der Waals surface area contributed by atoms with E-state index in [0.29, 0.717) is 0 Å². The zero-order chi connectivity index (χ0) is 11.8. The van der Waals surface area contributed by atoms with E-state index in [0.717, 1.165) is 11.3 Å². The van der Waals surface area contributed by atoms with Crippen LogP contribution in [0.5, 0.6) is 0 Å². The second-order valence-electron chi connectivity index (χ2n) is 4.45. The number of fused-ring (bicyclic) bond motifs is 1. The van der Waals surface area contributed by atoms with Gasteiger partial charge in [-0.25, -0.2) is 0 Å². The zero-order valence-electron chi connectivity index (χ0n) is 9.99. The maximum Gasteiger partial charge on any atom is 0.0480 e. The molecule has 1 aromatic carbocycles. The average molecular weight is 222 g/mol. The van der Waals surface area contributed by atoms with Gasteiger partial charge in [-0.1, -0.05) is 0 Å². The number of nitrogens with zero attached hydrogens (tertiary/aromatic N) is 1. The molecule has 17 heavy (non-hydrogen) atoms. The summed E-state index contributed by atoms with van der Waals surface area (Å²) >= 11 is 0. The third-order valence-corrected chi connectivity index (χ3v) is 3.21. The van der Waals surface area contributed by atoms with E-state index in [9.17, 15) is 0 Å². The maximum absolute atomic E-state index is 4.15. The minimum Gasteiger partial charge on any atom is -0.354 e. The van der Waals surface area contributed by atoms with Crippen molar-refractivity contribution in [2.45, 2.75) is 13.8 Å². The molecule has 2 nitrogen and oxygen atoms in total. The van der Waals surface area contributed by atoms with Crippen LogP contribution in [0.1, 0.15) is 11.1 Å². The van der Waals surface area contributed by atoms with Crippen molar-refractivity contribution in [2.75, 3.05) is 0 Å². The summed E-state index contributed by atoms with van der Waals surface area (Å²) in [6, 6.07) is 10.6. The summed E-state index contributed by atoms with van der Waals surface area (Å²) in [5.74, 6) is 0. The number of hydrogen-bond donors (Lipinski definition) is 1. The Morgan fingerprint density at radius 2 is 1.88 bits per heavy atom. The molecule has 0 spiro atoms. The highest BCUT2D eigenvalue weighted by Crippen LogP contribution is 2.25. The lowest BCUT2D eigenvalue weighted by Crippen LogP contribution is -1.80. The molecule has 0 unspecified atom stereocenters. The topological polar surface area (TPSA) is 28.7 Å². The fraction of sp³-hybridized carbons (Fsp3) is 0.133. The summed E-state index contributed by atoms with van der Waals surface area (Å²) in [5, 5.41) is 1.26. The summed E-state index contributed by atoms with van der Waals surface area (Å²) < 4.78 is 0. The SMILES string of the molecule is Cc1cc2cc(-c3cccnc3)[nH]c2cc1C. The Labute approximate surface area is 100 Å². The predicted molar refractivity (Wildman–Crippen MR) is 71.0 cm³/mol. The standard InChI is InChI=1S/C15H14N2/c1-10-6-13-8-15(12-4-3-5-16-9-12)17-14(13)7-11(10)2/h3-9,17H,1-2H3. The van der Waals surface area contributed by atoms with E-state index in [4.69, 9.17) is 0 Å². The van der Waals surface area contributed by atoms with Gasteiger partial charge in [0, 0.05) is 34.6 Å². The van der Waals surface area contributed by atoms with E-state index < -0.39 is 0 Å². The molecule has 0 fully saturated rings. The Balaban J connectivity index is 2.21. The molecular weight excluding hydrogens is 208 g/mol. The van der Waals surface area contributed by atoms with Crippen molar-refractivity contribution in [2.24, 2.45) is 0 Å². The van der Waals surface area contributed by atoms with Gasteiger partial charge in [0.25, 0.3) is 0 Å². The lowest BCUT2D eigenvalue weighted by Gasteiger charge is -1.98. The molecule has 0 aliphatic rings. The maximum atomic E-state index is 4.15. The third-order valence-electron chi connectivity index (χ3n) is 3.21. The highest BCUT2D eigenvalue weighted by Gasteiger charge is 2.04. The Kier molecular flexibility index (Phi) is 2.22. The number of hydrogen-bond acceptors (Lipinski definition) is 1. The number of rotatable bonds is 1. The van der Waals surface area contributed by atoms with Crippen molar-refractivity contribution < 1.29 is 0 Å². The van der Waals surface area contributed by atoms with Crippen LogP contribution in [0.4, 0.5) is 0 Å². The van der Waals surface area contributed by atoms with Gasteiger partial charge in [0.2, 0.25) is 0 Å². The first-order chi connectivity index (χ1) is 8.24. The molecular formula is C15H14N2. The van der Waals surface area contributed by atoms with Gasteiger partial charge in [0.15, 0.2) is 0 Å². The Bertz CT molecular complexity index is 627. The van der Waals surface area contributed by atoms with Crippen LogP contribution in [0, 0.1) is 13.8 Å². The van der Waals surface area contributed by atoms with Crippen molar-refractivity contribution in [1.82, 2.24) is 9.97 Å². The van der Waals surface area contributed by atoms with E-state index in [-0.39, 0.29) is 0 Å². The van der Waals surface area contributed by atoms with Crippen LogP contribution in [0.15, 0.2) is 42.7 Å². The lowest BCUT2D eigenvalue weighted by atomic mass is 10.1. The summed E-state index contributed by atoms with van der Waals surface area (Å²) in [7, 11) is 0. The smallest absolute Gasteiger partial charge is 0.0480 e. The molecule has 0 radical (unpaired) electrons. The number of pyridine rings is 1. The van der Waals surface area contributed by atoms with Gasteiger partial charge in [-0.15, -0.1) is 0 Å². The molecule has 2 heteroatoms. The molecule has 0 bridgehead atoms. The third kappa shape index (κ3) is 1.72. The van der Waals surface area contributed by atoms with E-state index in [1.807, 2.05) is 12.3 Å². The molecule has 0 atom stereocenters. The van der Waals surface area contributed by atoms with Gasteiger partial charge in [0.05, 0.1) is 0 Å². The molecule has 2 aromatic heterocycles. The zero-order valence-corrected chi connectivity index (χ0v) is 9.99. The molecule has 3 rings (SSSR count). The van der Waals surface area contributed by atoms with Crippen molar-refractivity contribution in [3.05, 3.63) is 53.9 Å².